The molecule has 3 aromatic heterocycles. The average Bonchev–Trinajstić information content (AvgIpc) is 3.45. The van der Waals surface area contributed by atoms with E-state index in [1.165, 1.54) is 0 Å². The van der Waals surface area contributed by atoms with Gasteiger partial charge in [-0.1, -0.05) is 6.07 Å². The van der Waals surface area contributed by atoms with Gasteiger partial charge in [-0.25, -0.2) is 9.97 Å². The molecule has 0 aliphatic carbocycles. The second kappa shape index (κ2) is 6.80. The second-order valence-corrected chi connectivity index (χ2v) is 9.23. The molecule has 8 nitrogen and oxygen atoms in total. The predicted molar refractivity (Wildman–Crippen MR) is 113 cm³/mol. The van der Waals surface area contributed by atoms with Gasteiger partial charge >= 0.3 is 0 Å². The third-order valence-corrected chi connectivity index (χ3v) is 7.51. The summed E-state index contributed by atoms with van der Waals surface area (Å²) in [5, 5.41) is 2.97. The molecular formula is C21H22N6O2S. The van der Waals surface area contributed by atoms with E-state index in [9.17, 15) is 9.59 Å². The first-order chi connectivity index (χ1) is 14.7. The highest BCUT2D eigenvalue weighted by atomic mass is 32.1. The molecule has 1 fully saturated rings. The van der Waals surface area contributed by atoms with Crippen LogP contribution in [-0.4, -0.2) is 50.0 Å². The van der Waals surface area contributed by atoms with Gasteiger partial charge in [-0.05, 0) is 12.5 Å². The Labute approximate surface area is 177 Å². The third kappa shape index (κ3) is 2.72. The Hall–Kier alpha value is -2.94. The number of fused-ring (bicyclic) bond motifs is 5. The third-order valence-electron chi connectivity index (χ3n) is 6.68. The van der Waals surface area contributed by atoms with Gasteiger partial charge in [0.2, 0.25) is 5.91 Å². The van der Waals surface area contributed by atoms with Crippen molar-refractivity contribution in [3.8, 4) is 0 Å². The van der Waals surface area contributed by atoms with Crippen molar-refractivity contribution in [3.63, 3.8) is 0 Å². The van der Waals surface area contributed by atoms with Crippen LogP contribution in [0.1, 0.15) is 35.5 Å². The average molecular weight is 423 g/mol. The number of hydrogen-bond donors (Lipinski definition) is 1. The molecule has 0 radical (unpaired) electrons. The number of nitrogens with zero attached hydrogens (tertiary/aromatic N) is 5. The van der Waals surface area contributed by atoms with E-state index >= 15 is 0 Å². The second-order valence-electron chi connectivity index (χ2n) is 8.35. The van der Waals surface area contributed by atoms with Crippen molar-refractivity contribution in [2.75, 3.05) is 24.5 Å². The van der Waals surface area contributed by atoms with Crippen molar-refractivity contribution >= 4 is 22.4 Å². The standard InChI is InChI=1S/C21H22N6O2S/c28-18-3-1-2-17-13-8-14(10-26(9-13)21-22-5-7-30-21)19(27(17)18)20(29)25-6-4-15-16(11-25)24-12-23-15/h1-3,5,7,12-14,19H,4,6,8-11H2,(H,23,24)/t13-,14+,19-/m1/s1. The minimum atomic E-state index is -0.475. The zero-order chi connectivity index (χ0) is 20.2. The van der Waals surface area contributed by atoms with Gasteiger partial charge < -0.3 is 14.8 Å². The van der Waals surface area contributed by atoms with Gasteiger partial charge in [0.05, 0.1) is 24.3 Å². The molecule has 3 aliphatic heterocycles. The normalized spacial score (nSPS) is 25.0. The summed E-state index contributed by atoms with van der Waals surface area (Å²) in [5.74, 6) is 0.344. The minimum Gasteiger partial charge on any atom is -0.347 e. The Balaban J connectivity index is 1.39. The summed E-state index contributed by atoms with van der Waals surface area (Å²) in [6.45, 7) is 2.73. The Morgan fingerprint density at radius 3 is 3.03 bits per heavy atom. The van der Waals surface area contributed by atoms with Crippen LogP contribution in [0.4, 0.5) is 5.13 Å². The number of nitrogens with one attached hydrogen (secondary N) is 1. The number of imidazole rings is 1. The summed E-state index contributed by atoms with van der Waals surface area (Å²) >= 11 is 1.62. The highest BCUT2D eigenvalue weighted by Crippen LogP contribution is 2.43. The summed E-state index contributed by atoms with van der Waals surface area (Å²) in [6, 6.07) is 4.93. The molecule has 6 rings (SSSR count). The molecule has 3 atom stereocenters. The lowest BCUT2D eigenvalue weighted by molar-refractivity contribution is -0.138. The van der Waals surface area contributed by atoms with Gasteiger partial charge in [-0.15, -0.1) is 11.3 Å². The van der Waals surface area contributed by atoms with E-state index in [1.807, 2.05) is 28.6 Å². The fraction of sp³-hybridized carbons (Fsp3) is 0.429. The fourth-order valence-corrected chi connectivity index (χ4v) is 6.03. The van der Waals surface area contributed by atoms with Crippen molar-refractivity contribution < 1.29 is 4.79 Å². The molecule has 0 aromatic carbocycles. The predicted octanol–water partition coefficient (Wildman–Crippen LogP) is 1.78. The Morgan fingerprint density at radius 1 is 1.23 bits per heavy atom. The fourth-order valence-electron chi connectivity index (χ4n) is 5.37. The number of aromatic amines is 1. The quantitative estimate of drug-likeness (QED) is 0.680. The van der Waals surface area contributed by atoms with E-state index in [0.29, 0.717) is 13.1 Å². The largest absolute Gasteiger partial charge is 0.347 e. The molecule has 6 heterocycles. The van der Waals surface area contributed by atoms with E-state index in [-0.39, 0.29) is 23.3 Å². The van der Waals surface area contributed by atoms with Crippen LogP contribution in [0.15, 0.2) is 40.9 Å². The van der Waals surface area contributed by atoms with E-state index < -0.39 is 6.04 Å². The molecule has 2 bridgehead atoms. The Kier molecular flexibility index (Phi) is 4.05. The zero-order valence-electron chi connectivity index (χ0n) is 16.4. The van der Waals surface area contributed by atoms with E-state index in [2.05, 4.69) is 19.9 Å². The number of aromatic nitrogens is 4. The number of piperidine rings is 1. The van der Waals surface area contributed by atoms with E-state index in [1.54, 1.807) is 28.3 Å². The monoisotopic (exact) mass is 422 g/mol. The number of thiazole rings is 1. The molecular weight excluding hydrogens is 400 g/mol. The zero-order valence-corrected chi connectivity index (χ0v) is 17.2. The minimum absolute atomic E-state index is 0.0363. The smallest absolute Gasteiger partial charge is 0.251 e. The van der Waals surface area contributed by atoms with Crippen LogP contribution in [0.2, 0.25) is 0 Å². The first kappa shape index (κ1) is 17.9. The Bertz CT molecular complexity index is 1150. The first-order valence-electron chi connectivity index (χ1n) is 10.3. The summed E-state index contributed by atoms with van der Waals surface area (Å²) in [6.07, 6.45) is 5.18. The van der Waals surface area contributed by atoms with Gasteiger partial charge in [0.25, 0.3) is 5.56 Å². The molecule has 3 aliphatic rings. The summed E-state index contributed by atoms with van der Waals surface area (Å²) in [7, 11) is 0. The van der Waals surface area contributed by atoms with Crippen molar-refractivity contribution in [1.82, 2.24) is 24.4 Å². The maximum Gasteiger partial charge on any atom is 0.251 e. The SMILES string of the molecule is O=C([C@H]1[C@H]2C[C@H](CN(c3nccs3)C2)c2cccc(=O)n21)N1CCc2nc[nH]c2C1. The highest BCUT2D eigenvalue weighted by Gasteiger charge is 2.45. The van der Waals surface area contributed by atoms with Gasteiger partial charge in [-0.3, -0.25) is 14.2 Å². The maximum absolute atomic E-state index is 13.8. The molecule has 3 aromatic rings. The molecule has 0 saturated carbocycles. The number of carbonyl (C=O) groups excluding carboxylic acids is 1. The molecule has 0 unspecified atom stereocenters. The lowest BCUT2D eigenvalue weighted by Crippen LogP contribution is -2.54. The van der Waals surface area contributed by atoms with Gasteiger partial charge in [0, 0.05) is 61.2 Å². The summed E-state index contributed by atoms with van der Waals surface area (Å²) in [4.78, 5) is 42.9. The van der Waals surface area contributed by atoms with Crippen LogP contribution in [0.25, 0.3) is 0 Å². The molecule has 1 saturated heterocycles. The number of hydrogen-bond acceptors (Lipinski definition) is 6. The van der Waals surface area contributed by atoms with Gasteiger partial charge in [0.1, 0.15) is 6.04 Å². The van der Waals surface area contributed by atoms with Crippen molar-refractivity contribution in [2.45, 2.75) is 31.3 Å². The molecule has 30 heavy (non-hydrogen) atoms. The molecule has 1 N–H and O–H groups in total. The highest BCUT2D eigenvalue weighted by molar-refractivity contribution is 7.13. The lowest BCUT2D eigenvalue weighted by atomic mass is 9.78. The molecule has 154 valence electrons. The molecule has 1 amide bonds. The summed E-state index contributed by atoms with van der Waals surface area (Å²) in [5.41, 5.74) is 2.92. The first-order valence-corrected chi connectivity index (χ1v) is 11.2. The van der Waals surface area contributed by atoms with Crippen LogP contribution < -0.4 is 10.5 Å². The van der Waals surface area contributed by atoms with Crippen molar-refractivity contribution in [2.24, 2.45) is 5.92 Å². The van der Waals surface area contributed by atoms with Gasteiger partial charge in [-0.2, -0.15) is 0 Å². The van der Waals surface area contributed by atoms with Crippen LogP contribution in [0.3, 0.4) is 0 Å². The van der Waals surface area contributed by atoms with Crippen LogP contribution >= 0.6 is 11.3 Å². The number of anilines is 1. The van der Waals surface area contributed by atoms with E-state index in [0.717, 1.165) is 48.1 Å². The number of pyridine rings is 1. The number of amides is 1. The van der Waals surface area contributed by atoms with Gasteiger partial charge in [0.15, 0.2) is 5.13 Å². The maximum atomic E-state index is 13.8. The van der Waals surface area contributed by atoms with Crippen LogP contribution in [-0.2, 0) is 17.8 Å². The molecule has 0 spiro atoms. The molecule has 9 heteroatoms. The number of rotatable bonds is 2. The van der Waals surface area contributed by atoms with Crippen molar-refractivity contribution in [3.05, 3.63) is 63.5 Å². The summed E-state index contributed by atoms with van der Waals surface area (Å²) < 4.78 is 1.78. The van der Waals surface area contributed by atoms with E-state index in [4.69, 9.17) is 0 Å². The lowest BCUT2D eigenvalue weighted by Gasteiger charge is -2.47. The van der Waals surface area contributed by atoms with Crippen LogP contribution in [0, 0.1) is 5.92 Å². The number of carbonyl (C=O) groups is 1. The topological polar surface area (TPSA) is 87.1 Å². The van der Waals surface area contributed by atoms with Crippen LogP contribution in [0.5, 0.6) is 0 Å². The number of H-pyrrole nitrogens is 1. The Morgan fingerprint density at radius 2 is 2.17 bits per heavy atom. The van der Waals surface area contributed by atoms with Crippen molar-refractivity contribution in [1.29, 1.82) is 0 Å².